The first-order chi connectivity index (χ1) is 11.9. The first kappa shape index (κ1) is 22.2. The van der Waals surface area contributed by atoms with Gasteiger partial charge in [-0.25, -0.2) is 4.68 Å². The maximum Gasteiger partial charge on any atom is 0.245 e. The smallest absolute Gasteiger partial charge is 0.245 e. The zero-order chi connectivity index (χ0) is 20.1. The van der Waals surface area contributed by atoms with Crippen LogP contribution in [0, 0.1) is 0 Å². The van der Waals surface area contributed by atoms with Gasteiger partial charge in [0, 0.05) is 24.4 Å². The molecule has 0 aliphatic heterocycles. The molecule has 0 saturated heterocycles. The number of nitrogens with zero attached hydrogens (tertiary/aromatic N) is 3. The second-order valence-corrected chi connectivity index (χ2v) is 8.81. The normalized spacial score (nSPS) is 12.2. The number of hydrogen-bond donors (Lipinski definition) is 1. The van der Waals surface area contributed by atoms with Gasteiger partial charge in [-0.15, -0.1) is 0 Å². The minimum Gasteiger partial charge on any atom is -0.334 e. The molecule has 1 N–H and O–H groups in total. The minimum atomic E-state index is -0.256. The van der Waals surface area contributed by atoms with E-state index in [9.17, 15) is 9.59 Å². The van der Waals surface area contributed by atoms with Gasteiger partial charge >= 0.3 is 0 Å². The third-order valence-electron chi connectivity index (χ3n) is 4.19. The first-order valence-corrected chi connectivity index (χ1v) is 9.58. The van der Waals surface area contributed by atoms with Crippen molar-refractivity contribution in [1.29, 1.82) is 0 Å². The van der Waals surface area contributed by atoms with Crippen LogP contribution in [0.4, 0.5) is 5.82 Å². The van der Waals surface area contributed by atoms with Gasteiger partial charge in [-0.2, -0.15) is 5.10 Å². The van der Waals surface area contributed by atoms with E-state index in [-0.39, 0.29) is 29.3 Å². The van der Waals surface area contributed by atoms with E-state index in [0.717, 1.165) is 18.5 Å². The summed E-state index contributed by atoms with van der Waals surface area (Å²) in [5.41, 5.74) is 0.559. The Morgan fingerprint density at radius 1 is 1.15 bits per heavy atom. The zero-order valence-electron chi connectivity index (χ0n) is 17.8. The molecule has 2 amide bonds. The van der Waals surface area contributed by atoms with Gasteiger partial charge in [0.15, 0.2) is 0 Å². The van der Waals surface area contributed by atoms with Crippen molar-refractivity contribution in [2.24, 2.45) is 0 Å². The van der Waals surface area contributed by atoms with E-state index < -0.39 is 0 Å². The molecule has 0 radical (unpaired) electrons. The van der Waals surface area contributed by atoms with Crippen LogP contribution in [0.1, 0.15) is 80.3 Å². The largest absolute Gasteiger partial charge is 0.334 e. The number of aromatic nitrogens is 2. The molecule has 0 saturated carbocycles. The molecule has 0 unspecified atom stereocenters. The van der Waals surface area contributed by atoms with Crippen molar-refractivity contribution in [2.75, 3.05) is 18.4 Å². The maximum absolute atomic E-state index is 12.6. The van der Waals surface area contributed by atoms with Crippen molar-refractivity contribution in [3.05, 3.63) is 11.8 Å². The van der Waals surface area contributed by atoms with Gasteiger partial charge in [-0.3, -0.25) is 9.59 Å². The number of likely N-dealkylation sites (N-methyl/N-ethyl adjacent to an activating group) is 1. The molecule has 0 atom stereocenters. The van der Waals surface area contributed by atoms with Crippen LogP contribution in [-0.4, -0.2) is 39.6 Å². The molecule has 1 aromatic rings. The third kappa shape index (κ3) is 6.15. The topological polar surface area (TPSA) is 67.2 Å². The van der Waals surface area contributed by atoms with Gasteiger partial charge in [-0.1, -0.05) is 34.1 Å². The Labute approximate surface area is 158 Å². The van der Waals surface area contributed by atoms with Crippen molar-refractivity contribution in [1.82, 2.24) is 14.7 Å². The van der Waals surface area contributed by atoms with Crippen LogP contribution >= 0.6 is 0 Å². The summed E-state index contributed by atoms with van der Waals surface area (Å²) in [6, 6.07) is 1.93. The van der Waals surface area contributed by atoms with Gasteiger partial charge in [-0.05, 0) is 34.1 Å². The predicted molar refractivity (Wildman–Crippen MR) is 106 cm³/mol. The quantitative estimate of drug-likeness (QED) is 0.797. The number of rotatable bonds is 7. The number of amides is 2. The summed E-state index contributed by atoms with van der Waals surface area (Å²) in [4.78, 5) is 26.4. The summed E-state index contributed by atoms with van der Waals surface area (Å²) in [5, 5.41) is 7.66. The fourth-order valence-corrected chi connectivity index (χ4v) is 2.57. The fraction of sp³-hybridized carbons (Fsp3) is 0.750. The van der Waals surface area contributed by atoms with E-state index in [0.29, 0.717) is 18.8 Å². The lowest BCUT2D eigenvalue weighted by Gasteiger charge is -2.24. The molecule has 1 rings (SSSR count). The highest BCUT2D eigenvalue weighted by Crippen LogP contribution is 2.28. The zero-order valence-corrected chi connectivity index (χ0v) is 17.8. The molecule has 0 fully saturated rings. The lowest BCUT2D eigenvalue weighted by Crippen LogP contribution is -2.38. The Kier molecular flexibility index (Phi) is 7.42. The molecule has 0 spiro atoms. The van der Waals surface area contributed by atoms with Crippen LogP contribution in [0.3, 0.4) is 0 Å². The Balaban J connectivity index is 2.94. The van der Waals surface area contributed by atoms with Gasteiger partial charge in [0.25, 0.3) is 0 Å². The minimum absolute atomic E-state index is 0.0317. The highest BCUT2D eigenvalue weighted by Gasteiger charge is 2.26. The van der Waals surface area contributed by atoms with Crippen molar-refractivity contribution >= 4 is 17.6 Å². The number of nitrogens with one attached hydrogen (secondary N) is 1. The summed E-state index contributed by atoms with van der Waals surface area (Å²) in [7, 11) is 0. The average Bonchev–Trinajstić information content (AvgIpc) is 2.94. The molecule has 26 heavy (non-hydrogen) atoms. The molecule has 0 bridgehead atoms. The third-order valence-corrected chi connectivity index (χ3v) is 4.19. The Morgan fingerprint density at radius 2 is 1.77 bits per heavy atom. The fourth-order valence-electron chi connectivity index (χ4n) is 2.57. The lowest BCUT2D eigenvalue weighted by atomic mass is 9.92. The first-order valence-electron chi connectivity index (χ1n) is 9.58. The van der Waals surface area contributed by atoms with Gasteiger partial charge in [0.05, 0.1) is 17.8 Å². The average molecular weight is 365 g/mol. The Bertz CT molecular complexity index is 621. The number of carbonyl (C=O) groups is 2. The lowest BCUT2D eigenvalue weighted by molar-refractivity contribution is -0.134. The van der Waals surface area contributed by atoms with Gasteiger partial charge < -0.3 is 10.2 Å². The maximum atomic E-state index is 12.6. The van der Waals surface area contributed by atoms with Gasteiger partial charge in [0.1, 0.15) is 5.82 Å². The molecule has 1 heterocycles. The molecule has 6 nitrogen and oxygen atoms in total. The molecule has 0 aromatic carbocycles. The summed E-state index contributed by atoms with van der Waals surface area (Å²) >= 11 is 0. The number of unbranched alkanes of at least 4 members (excludes halogenated alkanes) is 1. The molecule has 0 aliphatic carbocycles. The summed E-state index contributed by atoms with van der Waals surface area (Å²) < 4.78 is 1.85. The van der Waals surface area contributed by atoms with Crippen molar-refractivity contribution in [3.63, 3.8) is 0 Å². The number of hydrogen-bond acceptors (Lipinski definition) is 3. The molecule has 0 aliphatic rings. The van der Waals surface area contributed by atoms with Crippen LogP contribution in [0.25, 0.3) is 0 Å². The Morgan fingerprint density at radius 3 is 2.23 bits per heavy atom. The van der Waals surface area contributed by atoms with Crippen molar-refractivity contribution in [2.45, 2.75) is 85.6 Å². The van der Waals surface area contributed by atoms with Crippen LogP contribution < -0.4 is 5.32 Å². The van der Waals surface area contributed by atoms with Crippen molar-refractivity contribution < 1.29 is 9.59 Å². The van der Waals surface area contributed by atoms with E-state index in [4.69, 9.17) is 5.10 Å². The highest BCUT2D eigenvalue weighted by molar-refractivity contribution is 5.94. The van der Waals surface area contributed by atoms with Crippen molar-refractivity contribution in [3.8, 4) is 0 Å². The summed E-state index contributed by atoms with van der Waals surface area (Å²) in [6.45, 7) is 17.0. The van der Waals surface area contributed by atoms with E-state index in [1.807, 2.05) is 17.7 Å². The second kappa shape index (κ2) is 8.69. The molecule has 6 heteroatoms. The number of carbonyl (C=O) groups excluding carboxylic acids is 2. The molecular weight excluding hydrogens is 328 g/mol. The van der Waals surface area contributed by atoms with Crippen LogP contribution in [0.5, 0.6) is 0 Å². The molecule has 148 valence electrons. The van der Waals surface area contributed by atoms with Gasteiger partial charge in [0.2, 0.25) is 11.8 Å². The van der Waals surface area contributed by atoms with E-state index >= 15 is 0 Å². The van der Waals surface area contributed by atoms with E-state index in [1.165, 1.54) is 0 Å². The number of anilines is 1. The molecular formula is C20H36N4O2. The van der Waals surface area contributed by atoms with Crippen LogP contribution in [0.15, 0.2) is 6.07 Å². The van der Waals surface area contributed by atoms with E-state index in [2.05, 4.69) is 53.8 Å². The predicted octanol–water partition coefficient (Wildman–Crippen LogP) is 3.91. The highest BCUT2D eigenvalue weighted by atomic mass is 16.2. The van der Waals surface area contributed by atoms with Crippen LogP contribution in [0.2, 0.25) is 0 Å². The van der Waals surface area contributed by atoms with E-state index in [1.54, 1.807) is 4.90 Å². The monoisotopic (exact) mass is 364 g/mol. The Hall–Kier alpha value is -1.85. The SMILES string of the molecule is CCCCC(=O)N(CC)CC(=O)Nc1cc(C(C)(C)C)nn1C(C)(C)C. The molecule has 1 aromatic heterocycles. The standard InChI is InChI=1S/C20H36N4O2/c1-9-11-12-18(26)23(10-2)14-17(25)21-16-13-15(19(3,4)5)22-24(16)20(6,7)8/h13H,9-12,14H2,1-8H3,(H,21,25). The second-order valence-electron chi connectivity index (χ2n) is 8.81. The van der Waals surface area contributed by atoms with Crippen LogP contribution in [-0.2, 0) is 20.5 Å². The summed E-state index contributed by atoms with van der Waals surface area (Å²) in [6.07, 6.45) is 2.31. The summed E-state index contributed by atoms with van der Waals surface area (Å²) in [5.74, 6) is 0.510.